The number of hydrogen-bond acceptors (Lipinski definition) is 4. The van der Waals surface area contributed by atoms with Crippen molar-refractivity contribution in [1.29, 1.82) is 0 Å². The minimum Gasteiger partial charge on any atom is -0.402 e. The van der Waals surface area contributed by atoms with Crippen LogP contribution >= 0.6 is 0 Å². The van der Waals surface area contributed by atoms with E-state index in [0.717, 1.165) is 11.1 Å². The Morgan fingerprint density at radius 2 is 1.70 bits per heavy atom. The molecule has 0 atom stereocenters. The maximum absolute atomic E-state index is 11.8. The van der Waals surface area contributed by atoms with Crippen LogP contribution in [0, 0.1) is 0 Å². The topological polar surface area (TPSA) is 64.7 Å². The first kappa shape index (κ1) is 12.2. The molecule has 0 fully saturated rings. The van der Waals surface area contributed by atoms with Gasteiger partial charge in [0, 0.05) is 11.3 Å². The van der Waals surface area contributed by atoms with Gasteiger partial charge in [0.25, 0.3) is 0 Å². The molecule has 0 bridgehead atoms. The second-order valence-electron chi connectivity index (χ2n) is 4.37. The Labute approximate surface area is 116 Å². The highest BCUT2D eigenvalue weighted by atomic mass is 16.6. The number of nitrogens with zero attached hydrogens (tertiary/aromatic N) is 1. The third-order valence-corrected chi connectivity index (χ3v) is 2.88. The molecular formula is C16H12N2O2. The Morgan fingerprint density at radius 3 is 2.40 bits per heavy atom. The lowest BCUT2D eigenvalue weighted by Crippen LogP contribution is -2.04. The molecule has 2 aromatic carbocycles. The van der Waals surface area contributed by atoms with Gasteiger partial charge in [0.05, 0.1) is 0 Å². The van der Waals surface area contributed by atoms with Gasteiger partial charge in [0.1, 0.15) is 0 Å². The van der Waals surface area contributed by atoms with Crippen molar-refractivity contribution in [3.8, 4) is 0 Å². The van der Waals surface area contributed by atoms with Gasteiger partial charge in [-0.25, -0.2) is 9.79 Å². The second-order valence-corrected chi connectivity index (χ2v) is 4.37. The monoisotopic (exact) mass is 264 g/mol. The van der Waals surface area contributed by atoms with E-state index in [9.17, 15) is 4.79 Å². The fourth-order valence-corrected chi connectivity index (χ4v) is 1.86. The number of cyclic esters (lactones) is 1. The minimum absolute atomic E-state index is 0.286. The SMILES string of the molecule is Nc1ccc(C=C2N=C(c3ccccc3)OC2=O)cc1. The number of aliphatic imine (C=N–C) groups is 1. The molecule has 20 heavy (non-hydrogen) atoms. The summed E-state index contributed by atoms with van der Waals surface area (Å²) in [4.78, 5) is 16.0. The zero-order chi connectivity index (χ0) is 13.9. The highest BCUT2D eigenvalue weighted by molar-refractivity contribution is 6.12. The lowest BCUT2D eigenvalue weighted by atomic mass is 10.2. The van der Waals surface area contributed by atoms with Gasteiger partial charge in [-0.3, -0.25) is 0 Å². The molecule has 0 aromatic heterocycles. The average molecular weight is 264 g/mol. The van der Waals surface area contributed by atoms with E-state index < -0.39 is 5.97 Å². The maximum Gasteiger partial charge on any atom is 0.363 e. The van der Waals surface area contributed by atoms with Crippen LogP contribution in [0.3, 0.4) is 0 Å². The van der Waals surface area contributed by atoms with E-state index in [2.05, 4.69) is 4.99 Å². The van der Waals surface area contributed by atoms with E-state index in [0.29, 0.717) is 11.6 Å². The summed E-state index contributed by atoms with van der Waals surface area (Å²) in [7, 11) is 0. The molecule has 0 amide bonds. The van der Waals surface area contributed by atoms with E-state index in [1.807, 2.05) is 42.5 Å². The summed E-state index contributed by atoms with van der Waals surface area (Å²) in [5, 5.41) is 0. The van der Waals surface area contributed by atoms with Gasteiger partial charge >= 0.3 is 5.97 Å². The van der Waals surface area contributed by atoms with Gasteiger partial charge in [-0.05, 0) is 35.9 Å². The van der Waals surface area contributed by atoms with Crippen LogP contribution < -0.4 is 5.73 Å². The molecule has 1 heterocycles. The molecule has 4 nitrogen and oxygen atoms in total. The molecule has 1 aliphatic rings. The number of hydrogen-bond donors (Lipinski definition) is 1. The van der Waals surface area contributed by atoms with Crippen LogP contribution in [0.4, 0.5) is 5.69 Å². The first-order valence-electron chi connectivity index (χ1n) is 6.16. The van der Waals surface area contributed by atoms with Gasteiger partial charge in [0.15, 0.2) is 5.70 Å². The molecule has 98 valence electrons. The van der Waals surface area contributed by atoms with E-state index in [1.54, 1.807) is 18.2 Å². The van der Waals surface area contributed by atoms with E-state index in [-0.39, 0.29) is 5.70 Å². The fourth-order valence-electron chi connectivity index (χ4n) is 1.86. The molecule has 2 aromatic rings. The average Bonchev–Trinajstić information content (AvgIpc) is 2.84. The molecule has 4 heteroatoms. The van der Waals surface area contributed by atoms with Crippen LogP contribution in [0.2, 0.25) is 0 Å². The number of anilines is 1. The van der Waals surface area contributed by atoms with E-state index in [4.69, 9.17) is 10.5 Å². The van der Waals surface area contributed by atoms with Crippen molar-refractivity contribution in [2.45, 2.75) is 0 Å². The lowest BCUT2D eigenvalue weighted by molar-refractivity contribution is -0.129. The predicted octanol–water partition coefficient (Wildman–Crippen LogP) is 2.61. The number of benzene rings is 2. The summed E-state index contributed by atoms with van der Waals surface area (Å²) in [6.45, 7) is 0. The zero-order valence-corrected chi connectivity index (χ0v) is 10.6. The number of nitrogen functional groups attached to an aromatic ring is 1. The van der Waals surface area contributed by atoms with Crippen molar-refractivity contribution >= 4 is 23.6 Å². The second kappa shape index (κ2) is 5.01. The molecule has 0 spiro atoms. The molecule has 2 N–H and O–H groups in total. The summed E-state index contributed by atoms with van der Waals surface area (Å²) in [6.07, 6.45) is 1.68. The third kappa shape index (κ3) is 2.44. The number of nitrogens with two attached hydrogens (primary N) is 1. The highest BCUT2D eigenvalue weighted by Crippen LogP contribution is 2.19. The van der Waals surface area contributed by atoms with Crippen molar-refractivity contribution < 1.29 is 9.53 Å². The Morgan fingerprint density at radius 1 is 1.00 bits per heavy atom. The molecule has 3 rings (SSSR count). The van der Waals surface area contributed by atoms with Gasteiger partial charge in [-0.1, -0.05) is 30.3 Å². The largest absolute Gasteiger partial charge is 0.402 e. The summed E-state index contributed by atoms with van der Waals surface area (Å²) in [5.41, 5.74) is 8.21. The van der Waals surface area contributed by atoms with E-state index >= 15 is 0 Å². The van der Waals surface area contributed by atoms with Crippen LogP contribution in [-0.2, 0) is 9.53 Å². The summed E-state index contributed by atoms with van der Waals surface area (Å²) in [5.74, 6) is -0.113. The van der Waals surface area contributed by atoms with Crippen LogP contribution in [0.1, 0.15) is 11.1 Å². The van der Waals surface area contributed by atoms with Crippen molar-refractivity contribution in [2.24, 2.45) is 4.99 Å². The predicted molar refractivity (Wildman–Crippen MR) is 77.9 cm³/mol. The number of esters is 1. The van der Waals surface area contributed by atoms with Gasteiger partial charge < -0.3 is 10.5 Å². The first-order valence-corrected chi connectivity index (χ1v) is 6.16. The molecule has 0 saturated heterocycles. The molecule has 0 saturated carbocycles. The van der Waals surface area contributed by atoms with Crippen molar-refractivity contribution in [2.75, 3.05) is 5.73 Å². The number of carbonyl (C=O) groups is 1. The number of rotatable bonds is 2. The van der Waals surface area contributed by atoms with Crippen molar-refractivity contribution in [1.82, 2.24) is 0 Å². The molecule has 0 aliphatic carbocycles. The van der Waals surface area contributed by atoms with Crippen LogP contribution in [0.25, 0.3) is 6.08 Å². The summed E-state index contributed by atoms with van der Waals surface area (Å²) in [6, 6.07) is 16.5. The zero-order valence-electron chi connectivity index (χ0n) is 10.6. The molecular weight excluding hydrogens is 252 g/mol. The standard InChI is InChI=1S/C16H12N2O2/c17-13-8-6-11(7-9-13)10-14-16(19)20-15(18-14)12-4-2-1-3-5-12/h1-10H,17H2. The normalized spacial score (nSPS) is 16.1. The van der Waals surface area contributed by atoms with Gasteiger partial charge in [0.2, 0.25) is 5.90 Å². The third-order valence-electron chi connectivity index (χ3n) is 2.88. The summed E-state index contributed by atoms with van der Waals surface area (Å²) >= 11 is 0. The Bertz CT molecular complexity index is 701. The smallest absolute Gasteiger partial charge is 0.363 e. The molecule has 0 unspecified atom stereocenters. The lowest BCUT2D eigenvalue weighted by Gasteiger charge is -1.97. The quantitative estimate of drug-likeness (QED) is 0.515. The van der Waals surface area contributed by atoms with Gasteiger partial charge in [-0.2, -0.15) is 0 Å². The first-order chi connectivity index (χ1) is 9.72. The summed E-state index contributed by atoms with van der Waals surface area (Å²) < 4.78 is 5.17. The highest BCUT2D eigenvalue weighted by Gasteiger charge is 2.23. The van der Waals surface area contributed by atoms with Crippen molar-refractivity contribution in [3.05, 3.63) is 71.4 Å². The van der Waals surface area contributed by atoms with Crippen LogP contribution in [-0.4, -0.2) is 11.9 Å². The van der Waals surface area contributed by atoms with Crippen LogP contribution in [0.5, 0.6) is 0 Å². The van der Waals surface area contributed by atoms with E-state index in [1.165, 1.54) is 0 Å². The Kier molecular flexibility index (Phi) is 3.05. The molecule has 1 aliphatic heterocycles. The van der Waals surface area contributed by atoms with Crippen LogP contribution in [0.15, 0.2) is 65.3 Å². The molecule has 0 radical (unpaired) electrons. The minimum atomic E-state index is -0.444. The number of carbonyl (C=O) groups excluding carboxylic acids is 1. The Balaban J connectivity index is 1.92. The maximum atomic E-state index is 11.8. The Hall–Kier alpha value is -2.88. The van der Waals surface area contributed by atoms with Gasteiger partial charge in [-0.15, -0.1) is 0 Å². The fraction of sp³-hybridized carbons (Fsp3) is 0. The van der Waals surface area contributed by atoms with Crippen molar-refractivity contribution in [3.63, 3.8) is 0 Å². The number of ether oxygens (including phenoxy) is 1.